The predicted molar refractivity (Wildman–Crippen MR) is 88.7 cm³/mol. The highest BCUT2D eigenvalue weighted by Gasteiger charge is 2.16. The molecule has 0 aliphatic carbocycles. The lowest BCUT2D eigenvalue weighted by Gasteiger charge is -2.11. The molecular weight excluding hydrogens is 284 g/mol. The van der Waals surface area contributed by atoms with Crippen molar-refractivity contribution in [1.82, 2.24) is 0 Å². The lowest BCUT2D eigenvalue weighted by atomic mass is 10.1. The second-order valence-electron chi connectivity index (χ2n) is 4.58. The third-order valence-corrected chi connectivity index (χ3v) is 4.10. The molecule has 0 radical (unpaired) electrons. The largest absolute Gasteiger partial charge is 0.380 e. The number of nitrogens with one attached hydrogen (secondary N) is 1. The van der Waals surface area contributed by atoms with Gasteiger partial charge in [0.25, 0.3) is 5.69 Å². The second-order valence-corrected chi connectivity index (χ2v) is 5.56. The van der Waals surface area contributed by atoms with Crippen LogP contribution in [0.5, 0.6) is 0 Å². The highest BCUT2D eigenvalue weighted by molar-refractivity contribution is 7.97. The first-order valence-corrected chi connectivity index (χ1v) is 7.99. The molecule has 21 heavy (non-hydrogen) atoms. The highest BCUT2D eigenvalue weighted by Crippen LogP contribution is 2.31. The maximum absolute atomic E-state index is 11.1. The van der Waals surface area contributed by atoms with E-state index in [0.717, 1.165) is 17.1 Å². The first-order valence-electron chi connectivity index (χ1n) is 6.84. The van der Waals surface area contributed by atoms with Gasteiger partial charge in [0.15, 0.2) is 0 Å². The Balaban J connectivity index is 2.08. The quantitative estimate of drug-likeness (QED) is 0.606. The van der Waals surface area contributed by atoms with Crippen molar-refractivity contribution in [2.75, 3.05) is 11.9 Å². The van der Waals surface area contributed by atoms with Crippen LogP contribution in [-0.2, 0) is 11.5 Å². The van der Waals surface area contributed by atoms with Gasteiger partial charge in [-0.25, -0.2) is 0 Å². The molecule has 0 fully saturated rings. The Labute approximate surface area is 128 Å². The van der Waals surface area contributed by atoms with E-state index < -0.39 is 0 Å². The summed E-state index contributed by atoms with van der Waals surface area (Å²) in [6.45, 7) is 2.61. The predicted octanol–water partition coefficient (Wildman–Crippen LogP) is 4.46. The van der Waals surface area contributed by atoms with E-state index in [1.54, 1.807) is 23.9 Å². The molecule has 0 aliphatic rings. The van der Waals surface area contributed by atoms with Crippen LogP contribution >= 0.6 is 11.8 Å². The SMILES string of the molecule is CCNc1c(CSCc2ccccc2)cccc1[N+](=O)[O-]. The lowest BCUT2D eigenvalue weighted by Crippen LogP contribution is -2.04. The molecule has 0 unspecified atom stereocenters. The van der Waals surface area contributed by atoms with E-state index in [9.17, 15) is 10.1 Å². The molecule has 5 heteroatoms. The van der Waals surface area contributed by atoms with Crippen LogP contribution < -0.4 is 5.32 Å². The number of para-hydroxylation sites is 1. The number of benzene rings is 2. The van der Waals surface area contributed by atoms with Crippen LogP contribution in [0, 0.1) is 10.1 Å². The molecule has 0 spiro atoms. The van der Waals surface area contributed by atoms with Gasteiger partial charge in [0.2, 0.25) is 0 Å². The number of hydrogen-bond acceptors (Lipinski definition) is 4. The summed E-state index contributed by atoms with van der Waals surface area (Å²) >= 11 is 1.76. The molecule has 2 aromatic rings. The third kappa shape index (κ3) is 4.23. The van der Waals surface area contributed by atoms with E-state index in [1.807, 2.05) is 31.2 Å². The van der Waals surface area contributed by atoms with Crippen LogP contribution in [-0.4, -0.2) is 11.5 Å². The zero-order valence-corrected chi connectivity index (χ0v) is 12.7. The van der Waals surface area contributed by atoms with Gasteiger partial charge in [0.1, 0.15) is 5.69 Å². The molecule has 0 aromatic heterocycles. The van der Waals surface area contributed by atoms with E-state index >= 15 is 0 Å². The zero-order valence-electron chi connectivity index (χ0n) is 11.9. The minimum atomic E-state index is -0.330. The number of nitrogens with zero attached hydrogens (tertiary/aromatic N) is 1. The molecule has 0 heterocycles. The molecular formula is C16H18N2O2S. The van der Waals surface area contributed by atoms with E-state index in [2.05, 4.69) is 17.4 Å². The Morgan fingerprint density at radius 3 is 2.52 bits per heavy atom. The van der Waals surface area contributed by atoms with Gasteiger partial charge < -0.3 is 5.32 Å². The van der Waals surface area contributed by atoms with Crippen molar-refractivity contribution in [3.8, 4) is 0 Å². The van der Waals surface area contributed by atoms with E-state index in [4.69, 9.17) is 0 Å². The van der Waals surface area contributed by atoms with Gasteiger partial charge in [-0.2, -0.15) is 11.8 Å². The van der Waals surface area contributed by atoms with Crippen LogP contribution in [0.25, 0.3) is 0 Å². The number of thioether (sulfide) groups is 1. The zero-order chi connectivity index (χ0) is 15.1. The summed E-state index contributed by atoms with van der Waals surface area (Å²) in [5.74, 6) is 1.65. The maximum atomic E-state index is 11.1. The van der Waals surface area contributed by atoms with Crippen LogP contribution in [0.2, 0.25) is 0 Å². The monoisotopic (exact) mass is 302 g/mol. The van der Waals surface area contributed by atoms with Crippen LogP contribution in [0.4, 0.5) is 11.4 Å². The Morgan fingerprint density at radius 2 is 1.86 bits per heavy atom. The first kappa shape index (κ1) is 15.4. The molecule has 0 amide bonds. The van der Waals surface area contributed by atoms with Gasteiger partial charge in [-0.3, -0.25) is 10.1 Å². The fourth-order valence-electron chi connectivity index (χ4n) is 2.09. The van der Waals surface area contributed by atoms with Crippen LogP contribution in [0.1, 0.15) is 18.1 Å². The van der Waals surface area contributed by atoms with E-state index in [1.165, 1.54) is 5.56 Å². The fourth-order valence-corrected chi connectivity index (χ4v) is 3.08. The first-order chi connectivity index (χ1) is 10.2. The van der Waals surface area contributed by atoms with Gasteiger partial charge in [-0.1, -0.05) is 42.5 Å². The van der Waals surface area contributed by atoms with Crippen molar-refractivity contribution in [2.45, 2.75) is 18.4 Å². The summed E-state index contributed by atoms with van der Waals surface area (Å²) < 4.78 is 0. The molecule has 110 valence electrons. The summed E-state index contributed by atoms with van der Waals surface area (Å²) in [5, 5.41) is 14.2. The van der Waals surface area contributed by atoms with Gasteiger partial charge in [0, 0.05) is 24.1 Å². The summed E-state index contributed by atoms with van der Waals surface area (Å²) in [7, 11) is 0. The van der Waals surface area contributed by atoms with Crippen molar-refractivity contribution >= 4 is 23.1 Å². The van der Waals surface area contributed by atoms with Crippen molar-refractivity contribution < 1.29 is 4.92 Å². The minimum Gasteiger partial charge on any atom is -0.380 e. The molecule has 1 N–H and O–H groups in total. The molecule has 0 aliphatic heterocycles. The standard InChI is InChI=1S/C16H18N2O2S/c1-2-17-16-14(9-6-10-15(16)18(19)20)12-21-11-13-7-4-3-5-8-13/h3-10,17H,2,11-12H2,1H3. The van der Waals surface area contributed by atoms with Crippen molar-refractivity contribution in [1.29, 1.82) is 0 Å². The molecule has 2 rings (SSSR count). The van der Waals surface area contributed by atoms with Crippen molar-refractivity contribution in [2.24, 2.45) is 0 Å². The molecule has 0 saturated heterocycles. The number of nitro benzene ring substituents is 1. The Kier molecular flexibility index (Phi) is 5.63. The van der Waals surface area contributed by atoms with Gasteiger partial charge in [-0.15, -0.1) is 0 Å². The fraction of sp³-hybridized carbons (Fsp3) is 0.250. The van der Waals surface area contributed by atoms with E-state index in [-0.39, 0.29) is 10.6 Å². The maximum Gasteiger partial charge on any atom is 0.292 e. The van der Waals surface area contributed by atoms with Crippen molar-refractivity contribution in [3.05, 3.63) is 69.8 Å². The summed E-state index contributed by atoms with van der Waals surface area (Å²) in [6.07, 6.45) is 0. The molecule has 0 atom stereocenters. The summed E-state index contributed by atoms with van der Waals surface area (Å²) in [6, 6.07) is 15.5. The van der Waals surface area contributed by atoms with Gasteiger partial charge in [-0.05, 0) is 18.1 Å². The minimum absolute atomic E-state index is 0.148. The van der Waals surface area contributed by atoms with Crippen LogP contribution in [0.3, 0.4) is 0 Å². The molecule has 4 nitrogen and oxygen atoms in total. The second kappa shape index (κ2) is 7.69. The number of anilines is 1. The Bertz CT molecular complexity index is 602. The summed E-state index contributed by atoms with van der Waals surface area (Å²) in [4.78, 5) is 10.8. The normalized spacial score (nSPS) is 10.3. The molecule has 2 aromatic carbocycles. The van der Waals surface area contributed by atoms with Crippen LogP contribution in [0.15, 0.2) is 48.5 Å². The smallest absolute Gasteiger partial charge is 0.292 e. The third-order valence-electron chi connectivity index (χ3n) is 3.05. The van der Waals surface area contributed by atoms with Crippen molar-refractivity contribution in [3.63, 3.8) is 0 Å². The Morgan fingerprint density at radius 1 is 1.10 bits per heavy atom. The average molecular weight is 302 g/mol. The van der Waals surface area contributed by atoms with E-state index in [0.29, 0.717) is 12.2 Å². The molecule has 0 bridgehead atoms. The topological polar surface area (TPSA) is 55.2 Å². The summed E-state index contributed by atoms with van der Waals surface area (Å²) in [5.41, 5.74) is 3.03. The Hall–Kier alpha value is -2.01. The van der Waals surface area contributed by atoms with Gasteiger partial charge >= 0.3 is 0 Å². The van der Waals surface area contributed by atoms with Gasteiger partial charge in [0.05, 0.1) is 4.92 Å². The highest BCUT2D eigenvalue weighted by atomic mass is 32.2. The average Bonchev–Trinajstić information content (AvgIpc) is 2.50. The number of nitro groups is 1. The molecule has 0 saturated carbocycles. The lowest BCUT2D eigenvalue weighted by molar-refractivity contribution is -0.384. The number of rotatable bonds is 7. The number of hydrogen-bond donors (Lipinski definition) is 1.